The van der Waals surface area contributed by atoms with Crippen molar-refractivity contribution in [2.45, 2.75) is 6.42 Å². The standard InChI is InChI=1S/C18H16ClN3O3/c1-21(11-17(24)25)16(23)10-14-18(12-5-7-13(19)8-6-12)20-15-4-2-3-9-22(14)15/h2-9H,10-11H2,1H3,(H,24,25). The van der Waals surface area contributed by atoms with E-state index in [9.17, 15) is 9.59 Å². The SMILES string of the molecule is CN(CC(=O)O)C(=O)Cc1c(-c2ccc(Cl)cc2)nc2ccccn12. The van der Waals surface area contributed by atoms with Gasteiger partial charge in [-0.3, -0.25) is 9.59 Å². The summed E-state index contributed by atoms with van der Waals surface area (Å²) in [6.07, 6.45) is 1.88. The molecule has 3 rings (SSSR count). The van der Waals surface area contributed by atoms with Gasteiger partial charge in [-0.2, -0.15) is 0 Å². The lowest BCUT2D eigenvalue weighted by Gasteiger charge is -2.15. The molecule has 0 saturated heterocycles. The molecule has 1 amide bonds. The van der Waals surface area contributed by atoms with Crippen molar-refractivity contribution in [3.8, 4) is 11.3 Å². The summed E-state index contributed by atoms with van der Waals surface area (Å²) < 4.78 is 1.84. The molecule has 0 radical (unpaired) electrons. The van der Waals surface area contributed by atoms with Gasteiger partial charge >= 0.3 is 5.97 Å². The zero-order chi connectivity index (χ0) is 18.0. The zero-order valence-electron chi connectivity index (χ0n) is 13.5. The van der Waals surface area contributed by atoms with Gasteiger partial charge < -0.3 is 14.4 Å². The van der Waals surface area contributed by atoms with Gasteiger partial charge in [-0.15, -0.1) is 0 Å². The number of carboxylic acids is 1. The minimum absolute atomic E-state index is 0.0485. The van der Waals surface area contributed by atoms with Crippen LogP contribution >= 0.6 is 11.6 Å². The van der Waals surface area contributed by atoms with E-state index in [1.165, 1.54) is 11.9 Å². The lowest BCUT2D eigenvalue weighted by molar-refractivity contribution is -0.143. The number of carboxylic acid groups (broad SMARTS) is 1. The number of carbonyl (C=O) groups excluding carboxylic acids is 1. The first kappa shape index (κ1) is 17.0. The molecule has 0 aliphatic heterocycles. The predicted molar refractivity (Wildman–Crippen MR) is 94.6 cm³/mol. The Morgan fingerprint density at radius 1 is 1.20 bits per heavy atom. The molecule has 0 fully saturated rings. The third-order valence-corrected chi connectivity index (χ3v) is 4.12. The zero-order valence-corrected chi connectivity index (χ0v) is 14.3. The average molecular weight is 358 g/mol. The van der Waals surface area contributed by atoms with E-state index in [-0.39, 0.29) is 18.9 Å². The molecular formula is C18H16ClN3O3. The van der Waals surface area contributed by atoms with Gasteiger partial charge in [0.25, 0.3) is 0 Å². The molecule has 2 heterocycles. The Morgan fingerprint density at radius 2 is 1.92 bits per heavy atom. The van der Waals surface area contributed by atoms with Crippen molar-refractivity contribution >= 4 is 29.1 Å². The van der Waals surface area contributed by atoms with E-state index in [0.29, 0.717) is 16.4 Å². The van der Waals surface area contributed by atoms with Crippen LogP contribution in [0.3, 0.4) is 0 Å². The highest BCUT2D eigenvalue weighted by Crippen LogP contribution is 2.26. The summed E-state index contributed by atoms with van der Waals surface area (Å²) in [4.78, 5) is 29.1. The van der Waals surface area contributed by atoms with Gasteiger partial charge in [0, 0.05) is 23.8 Å². The van der Waals surface area contributed by atoms with Gasteiger partial charge in [-0.05, 0) is 24.3 Å². The molecule has 25 heavy (non-hydrogen) atoms. The number of rotatable bonds is 5. The van der Waals surface area contributed by atoms with E-state index >= 15 is 0 Å². The summed E-state index contributed by atoms with van der Waals surface area (Å²) in [5, 5.41) is 9.48. The molecule has 0 aliphatic rings. The monoisotopic (exact) mass is 357 g/mol. The Labute approximate surface area is 149 Å². The Kier molecular flexibility index (Phi) is 4.72. The Hall–Kier alpha value is -2.86. The topological polar surface area (TPSA) is 74.9 Å². The van der Waals surface area contributed by atoms with Crippen molar-refractivity contribution in [2.24, 2.45) is 0 Å². The van der Waals surface area contributed by atoms with Crippen LogP contribution in [-0.2, 0) is 16.0 Å². The molecule has 1 aromatic carbocycles. The van der Waals surface area contributed by atoms with Gasteiger partial charge in [0.15, 0.2) is 0 Å². The van der Waals surface area contributed by atoms with Gasteiger partial charge in [-0.1, -0.05) is 29.8 Å². The summed E-state index contributed by atoms with van der Waals surface area (Å²) in [5.74, 6) is -1.34. The van der Waals surface area contributed by atoms with Gasteiger partial charge in [0.2, 0.25) is 5.91 Å². The Bertz CT molecular complexity index is 934. The summed E-state index contributed by atoms with van der Waals surface area (Å²) in [6, 6.07) is 12.8. The normalized spacial score (nSPS) is 10.8. The summed E-state index contributed by atoms with van der Waals surface area (Å²) >= 11 is 5.95. The summed E-state index contributed by atoms with van der Waals surface area (Å²) in [7, 11) is 1.47. The van der Waals surface area contributed by atoms with Crippen molar-refractivity contribution in [1.29, 1.82) is 0 Å². The molecule has 7 heteroatoms. The molecule has 6 nitrogen and oxygen atoms in total. The smallest absolute Gasteiger partial charge is 0.323 e. The number of amides is 1. The highest BCUT2D eigenvalue weighted by atomic mass is 35.5. The molecule has 0 aliphatic carbocycles. The van der Waals surface area contributed by atoms with E-state index < -0.39 is 5.97 Å². The van der Waals surface area contributed by atoms with Crippen LogP contribution in [0, 0.1) is 0 Å². The first-order valence-corrected chi connectivity index (χ1v) is 8.01. The van der Waals surface area contributed by atoms with E-state index in [2.05, 4.69) is 4.98 Å². The third kappa shape index (κ3) is 3.64. The summed E-state index contributed by atoms with van der Waals surface area (Å²) in [5.41, 5.74) is 2.95. The fourth-order valence-corrected chi connectivity index (χ4v) is 2.75. The number of pyridine rings is 1. The summed E-state index contributed by atoms with van der Waals surface area (Å²) in [6.45, 7) is -0.341. The fourth-order valence-electron chi connectivity index (χ4n) is 2.62. The molecule has 1 N–H and O–H groups in total. The molecular weight excluding hydrogens is 342 g/mol. The van der Waals surface area contributed by atoms with Crippen LogP contribution in [0.2, 0.25) is 5.02 Å². The maximum absolute atomic E-state index is 12.4. The second-order valence-electron chi connectivity index (χ2n) is 5.66. The van der Waals surface area contributed by atoms with Crippen LogP contribution in [0.1, 0.15) is 5.69 Å². The van der Waals surface area contributed by atoms with E-state index in [1.54, 1.807) is 12.1 Å². The second kappa shape index (κ2) is 6.94. The minimum Gasteiger partial charge on any atom is -0.480 e. The maximum Gasteiger partial charge on any atom is 0.323 e. The Morgan fingerprint density at radius 3 is 2.60 bits per heavy atom. The molecule has 0 spiro atoms. The van der Waals surface area contributed by atoms with Crippen LogP contribution in [-0.4, -0.2) is 44.9 Å². The van der Waals surface area contributed by atoms with E-state index in [1.807, 2.05) is 40.9 Å². The first-order chi connectivity index (χ1) is 12.0. The van der Waals surface area contributed by atoms with Crippen LogP contribution in [0.15, 0.2) is 48.7 Å². The van der Waals surface area contributed by atoms with Crippen molar-refractivity contribution in [3.05, 3.63) is 59.4 Å². The molecule has 0 saturated carbocycles. The molecule has 0 atom stereocenters. The molecule has 128 valence electrons. The van der Waals surface area contributed by atoms with Crippen molar-refractivity contribution in [3.63, 3.8) is 0 Å². The van der Waals surface area contributed by atoms with Crippen LogP contribution in [0.25, 0.3) is 16.9 Å². The molecule has 0 unspecified atom stereocenters. The number of halogens is 1. The van der Waals surface area contributed by atoms with Crippen LogP contribution < -0.4 is 0 Å². The second-order valence-corrected chi connectivity index (χ2v) is 6.10. The fraction of sp³-hybridized carbons (Fsp3) is 0.167. The Balaban J connectivity index is 2.03. The highest BCUT2D eigenvalue weighted by molar-refractivity contribution is 6.30. The number of benzene rings is 1. The average Bonchev–Trinajstić information content (AvgIpc) is 2.93. The van der Waals surface area contributed by atoms with Crippen molar-refractivity contribution in [1.82, 2.24) is 14.3 Å². The molecule has 0 bridgehead atoms. The lowest BCUT2D eigenvalue weighted by Crippen LogP contribution is -2.33. The molecule has 2 aromatic heterocycles. The number of nitrogens with zero attached hydrogens (tertiary/aromatic N) is 3. The highest BCUT2D eigenvalue weighted by Gasteiger charge is 2.20. The third-order valence-electron chi connectivity index (χ3n) is 3.86. The van der Waals surface area contributed by atoms with E-state index in [0.717, 1.165) is 11.2 Å². The molecule has 3 aromatic rings. The van der Waals surface area contributed by atoms with E-state index in [4.69, 9.17) is 16.7 Å². The number of carbonyl (C=O) groups is 2. The van der Waals surface area contributed by atoms with Crippen LogP contribution in [0.5, 0.6) is 0 Å². The number of likely N-dealkylation sites (N-methyl/N-ethyl adjacent to an activating group) is 1. The van der Waals surface area contributed by atoms with Gasteiger partial charge in [-0.25, -0.2) is 4.98 Å². The number of hydrogen-bond donors (Lipinski definition) is 1. The lowest BCUT2D eigenvalue weighted by atomic mass is 10.1. The number of hydrogen-bond acceptors (Lipinski definition) is 3. The van der Waals surface area contributed by atoms with Crippen molar-refractivity contribution < 1.29 is 14.7 Å². The van der Waals surface area contributed by atoms with Crippen molar-refractivity contribution in [2.75, 3.05) is 13.6 Å². The largest absolute Gasteiger partial charge is 0.480 e. The van der Waals surface area contributed by atoms with Crippen LogP contribution in [0.4, 0.5) is 0 Å². The first-order valence-electron chi connectivity index (χ1n) is 7.63. The quantitative estimate of drug-likeness (QED) is 0.761. The van der Waals surface area contributed by atoms with Gasteiger partial charge in [0.1, 0.15) is 12.2 Å². The number of aliphatic carboxylic acids is 1. The number of imidazole rings is 1. The maximum atomic E-state index is 12.4. The number of fused-ring (bicyclic) bond motifs is 1. The number of aromatic nitrogens is 2. The minimum atomic E-state index is -1.05. The predicted octanol–water partition coefficient (Wildman–Crippen LogP) is 2.74. The van der Waals surface area contributed by atoms with Gasteiger partial charge in [0.05, 0.1) is 17.8 Å².